The number of nitrogens with zero attached hydrogens (tertiary/aromatic N) is 2. The van der Waals surface area contributed by atoms with Crippen molar-refractivity contribution in [1.29, 1.82) is 0 Å². The van der Waals surface area contributed by atoms with Gasteiger partial charge in [0.05, 0.1) is 11.3 Å². The van der Waals surface area contributed by atoms with Crippen molar-refractivity contribution in [3.63, 3.8) is 0 Å². The van der Waals surface area contributed by atoms with Gasteiger partial charge in [-0.1, -0.05) is 60.2 Å². The lowest BCUT2D eigenvalue weighted by atomic mass is 9.94. The van der Waals surface area contributed by atoms with E-state index < -0.39 is 17.7 Å². The molecule has 7 heteroatoms. The average Bonchev–Trinajstić information content (AvgIpc) is 3.20. The molecule has 5 rings (SSSR count). The number of aromatic nitrogens is 2. The Hall–Kier alpha value is -4.23. The van der Waals surface area contributed by atoms with E-state index in [4.69, 9.17) is 4.74 Å². The summed E-state index contributed by atoms with van der Waals surface area (Å²) in [6, 6.07) is 21.7. The number of ether oxygens (including phenoxy) is 1. The summed E-state index contributed by atoms with van der Waals surface area (Å²) in [5.74, 6) is -1.51. The number of fused-ring (bicyclic) bond motifs is 3. The van der Waals surface area contributed by atoms with Crippen LogP contribution < -0.4 is 5.56 Å². The molecule has 0 fully saturated rings. The minimum absolute atomic E-state index is 0.281. The van der Waals surface area contributed by atoms with Crippen molar-refractivity contribution >= 4 is 27.8 Å². The van der Waals surface area contributed by atoms with Crippen LogP contribution in [0.5, 0.6) is 0 Å². The van der Waals surface area contributed by atoms with Crippen LogP contribution in [0.2, 0.25) is 0 Å². The number of carboxylic acids is 1. The number of pyridine rings is 1. The molecule has 200 valence electrons. The van der Waals surface area contributed by atoms with Crippen molar-refractivity contribution < 1.29 is 19.0 Å². The Morgan fingerprint density at radius 2 is 1.64 bits per heavy atom. The molecule has 0 amide bonds. The summed E-state index contributed by atoms with van der Waals surface area (Å²) in [6.45, 7) is 7.70. The summed E-state index contributed by atoms with van der Waals surface area (Å²) in [6.07, 6.45) is -1.39. The molecule has 1 N–H and O–H groups in total. The molecule has 0 spiro atoms. The topological polar surface area (TPSA) is 73.5 Å². The average molecular weight is 527 g/mol. The zero-order valence-corrected chi connectivity index (χ0v) is 22.7. The molecule has 6 nitrogen and oxygen atoms in total. The number of carboxylic acid groups (broad SMARTS) is 1. The predicted molar refractivity (Wildman–Crippen MR) is 152 cm³/mol. The Bertz CT molecular complexity index is 1760. The molecular weight excluding hydrogens is 495 g/mol. The van der Waals surface area contributed by atoms with Crippen LogP contribution in [0.4, 0.5) is 4.39 Å². The van der Waals surface area contributed by atoms with E-state index in [1.54, 1.807) is 40.0 Å². The number of carbonyl (C=O) groups is 1. The Balaban J connectivity index is 1.95. The van der Waals surface area contributed by atoms with Crippen LogP contribution in [0, 0.1) is 12.7 Å². The lowest BCUT2D eigenvalue weighted by Crippen LogP contribution is -2.33. The molecule has 1 unspecified atom stereocenters. The molecule has 2 heterocycles. The number of rotatable bonds is 6. The van der Waals surface area contributed by atoms with Gasteiger partial charge >= 0.3 is 5.97 Å². The Labute approximate surface area is 225 Å². The molecule has 0 radical (unpaired) electrons. The van der Waals surface area contributed by atoms with Gasteiger partial charge in [-0.15, -0.1) is 0 Å². The van der Waals surface area contributed by atoms with Gasteiger partial charge < -0.3 is 19.0 Å². The fourth-order valence-electron chi connectivity index (χ4n) is 5.18. The summed E-state index contributed by atoms with van der Waals surface area (Å²) < 4.78 is 23.1. The first-order valence-corrected chi connectivity index (χ1v) is 12.8. The molecule has 0 aliphatic rings. The highest BCUT2D eigenvalue weighted by molar-refractivity contribution is 6.15. The number of benzene rings is 3. The SMILES string of the molecule is Cc1ccc(-c2c(C(OC(C)(C)C)C(=O)O)n(C)c(=O)c3c2c2ccccc2n3Cc2ccc(F)cc2)cc1. The van der Waals surface area contributed by atoms with Crippen molar-refractivity contribution in [1.82, 2.24) is 9.13 Å². The zero-order valence-electron chi connectivity index (χ0n) is 22.7. The molecule has 0 aliphatic carbocycles. The molecule has 0 saturated heterocycles. The third-order valence-corrected chi connectivity index (χ3v) is 6.88. The van der Waals surface area contributed by atoms with Gasteiger partial charge in [0, 0.05) is 35.4 Å². The van der Waals surface area contributed by atoms with E-state index in [1.165, 1.54) is 16.7 Å². The molecule has 3 aromatic carbocycles. The number of halogens is 1. The maximum absolute atomic E-state index is 14.1. The van der Waals surface area contributed by atoms with E-state index >= 15 is 0 Å². The number of hydrogen-bond acceptors (Lipinski definition) is 3. The highest BCUT2D eigenvalue weighted by atomic mass is 19.1. The number of para-hydroxylation sites is 1. The second kappa shape index (κ2) is 9.82. The second-order valence-electron chi connectivity index (χ2n) is 10.9. The van der Waals surface area contributed by atoms with Gasteiger partial charge in [0.25, 0.3) is 5.56 Å². The minimum Gasteiger partial charge on any atom is -0.479 e. The van der Waals surface area contributed by atoms with Gasteiger partial charge in [-0.05, 0) is 57.0 Å². The molecule has 2 aromatic heterocycles. The first-order valence-electron chi connectivity index (χ1n) is 12.8. The van der Waals surface area contributed by atoms with Gasteiger partial charge in [-0.25, -0.2) is 9.18 Å². The van der Waals surface area contributed by atoms with Gasteiger partial charge in [0.15, 0.2) is 6.10 Å². The van der Waals surface area contributed by atoms with E-state index in [2.05, 4.69) is 0 Å². The van der Waals surface area contributed by atoms with Crippen molar-refractivity contribution in [2.24, 2.45) is 7.05 Å². The first kappa shape index (κ1) is 26.4. The monoisotopic (exact) mass is 526 g/mol. The fourth-order valence-corrected chi connectivity index (χ4v) is 5.18. The van der Waals surface area contributed by atoms with E-state index in [-0.39, 0.29) is 17.1 Å². The van der Waals surface area contributed by atoms with E-state index in [1.807, 2.05) is 60.0 Å². The van der Waals surface area contributed by atoms with Crippen molar-refractivity contribution in [3.05, 3.63) is 106 Å². The fraction of sp³-hybridized carbons (Fsp3) is 0.250. The molecule has 1 atom stereocenters. The van der Waals surface area contributed by atoms with E-state index in [0.29, 0.717) is 23.0 Å². The highest BCUT2D eigenvalue weighted by Crippen LogP contribution is 2.41. The van der Waals surface area contributed by atoms with Crippen LogP contribution in [0.3, 0.4) is 0 Å². The molecular formula is C32H31FN2O4. The largest absolute Gasteiger partial charge is 0.479 e. The Kier molecular flexibility index (Phi) is 6.64. The maximum atomic E-state index is 14.1. The van der Waals surface area contributed by atoms with Crippen LogP contribution >= 0.6 is 0 Å². The maximum Gasteiger partial charge on any atom is 0.339 e. The molecule has 5 aromatic rings. The third-order valence-electron chi connectivity index (χ3n) is 6.88. The summed E-state index contributed by atoms with van der Waals surface area (Å²) in [7, 11) is 1.59. The Morgan fingerprint density at radius 3 is 2.26 bits per heavy atom. The zero-order chi connectivity index (χ0) is 28.1. The van der Waals surface area contributed by atoms with Crippen LogP contribution in [0.1, 0.15) is 43.7 Å². The lowest BCUT2D eigenvalue weighted by molar-refractivity contribution is -0.161. The Morgan fingerprint density at radius 1 is 1.00 bits per heavy atom. The molecule has 0 saturated carbocycles. The van der Waals surface area contributed by atoms with Crippen molar-refractivity contribution in [3.8, 4) is 11.1 Å². The summed E-state index contributed by atoms with van der Waals surface area (Å²) in [5.41, 5.74) is 3.74. The van der Waals surface area contributed by atoms with Gasteiger partial charge in [-0.3, -0.25) is 4.79 Å². The molecule has 0 bridgehead atoms. The third kappa shape index (κ3) is 4.86. The lowest BCUT2D eigenvalue weighted by Gasteiger charge is -2.28. The van der Waals surface area contributed by atoms with Crippen molar-refractivity contribution in [2.45, 2.75) is 45.9 Å². The van der Waals surface area contributed by atoms with Crippen molar-refractivity contribution in [2.75, 3.05) is 0 Å². The number of hydrogen-bond donors (Lipinski definition) is 1. The van der Waals surface area contributed by atoms with Crippen LogP contribution in [0.25, 0.3) is 32.9 Å². The summed E-state index contributed by atoms with van der Waals surface area (Å²) >= 11 is 0. The smallest absolute Gasteiger partial charge is 0.339 e. The van der Waals surface area contributed by atoms with Gasteiger partial charge in [0.1, 0.15) is 11.3 Å². The molecule has 0 aliphatic heterocycles. The standard InChI is InChI=1S/C32H31FN2O4/c1-19-10-14-21(15-11-19)25-26-23-8-6-7-9-24(23)35(18-20-12-16-22(33)17-13-20)28(26)30(36)34(5)27(25)29(31(37)38)39-32(2,3)4/h6-17,29H,18H2,1-5H3,(H,37,38). The predicted octanol–water partition coefficient (Wildman–Crippen LogP) is 6.60. The minimum atomic E-state index is -1.39. The van der Waals surface area contributed by atoms with Crippen LogP contribution in [-0.4, -0.2) is 25.8 Å². The van der Waals surface area contributed by atoms with Crippen LogP contribution in [-0.2, 0) is 23.1 Å². The van der Waals surface area contributed by atoms with Crippen LogP contribution in [0.15, 0.2) is 77.6 Å². The van der Waals surface area contributed by atoms with E-state index in [9.17, 15) is 19.1 Å². The molecule has 39 heavy (non-hydrogen) atoms. The first-order chi connectivity index (χ1) is 18.5. The summed E-state index contributed by atoms with van der Waals surface area (Å²) in [5, 5.41) is 11.8. The highest BCUT2D eigenvalue weighted by Gasteiger charge is 2.34. The van der Waals surface area contributed by atoms with Gasteiger partial charge in [-0.2, -0.15) is 0 Å². The van der Waals surface area contributed by atoms with E-state index in [0.717, 1.165) is 27.6 Å². The quantitative estimate of drug-likeness (QED) is 0.271. The number of aryl methyl sites for hydroxylation is 1. The second-order valence-corrected chi connectivity index (χ2v) is 10.9. The van der Waals surface area contributed by atoms with Gasteiger partial charge in [0.2, 0.25) is 0 Å². The normalized spacial score (nSPS) is 12.8. The number of aliphatic carboxylic acids is 1. The summed E-state index contributed by atoms with van der Waals surface area (Å²) in [4.78, 5) is 26.8.